The number of hydrogen-bond donors (Lipinski definition) is 6. The number of rotatable bonds is 10. The van der Waals surface area contributed by atoms with E-state index >= 15 is 0 Å². The van der Waals surface area contributed by atoms with Crippen LogP contribution in [0.2, 0.25) is 0 Å². The standard InChI is InChI=1S/C22H23N3O10S3/c23-25-20(26)4-2-1-3-9-24-16-10-17(36(27,28)29)13-7-8-15-19(38(33,34)35)11-18(37(30,31)32)14-6-5-12(16)21(13)22(14)15/h5-8,10-11,24H,1-4,9,23H2,(H,25,26)(H,27,28,29)(H,30,31,32)(H,33,34,35). The second-order valence-electron chi connectivity index (χ2n) is 8.60. The lowest BCUT2D eigenvalue weighted by molar-refractivity contribution is -0.121. The number of unbranched alkanes of at least 4 members (excludes halogenated alkanes) is 2. The monoisotopic (exact) mass is 585 g/mol. The maximum absolute atomic E-state index is 12.3. The SMILES string of the molecule is NNC(=O)CCCCCNc1cc(S(=O)(=O)O)c2ccc3c(S(=O)(=O)O)cc(S(=O)(=O)O)c4ccc1c2c43. The van der Waals surface area contributed by atoms with Gasteiger partial charge in [-0.05, 0) is 25.0 Å². The van der Waals surface area contributed by atoms with Crippen LogP contribution in [0.1, 0.15) is 25.7 Å². The van der Waals surface area contributed by atoms with Gasteiger partial charge in [0.15, 0.2) is 0 Å². The molecule has 204 valence electrons. The van der Waals surface area contributed by atoms with Crippen molar-refractivity contribution in [1.29, 1.82) is 0 Å². The van der Waals surface area contributed by atoms with Crippen LogP contribution in [0, 0.1) is 0 Å². The fraction of sp³-hybridized carbons (Fsp3) is 0.227. The molecule has 0 aliphatic heterocycles. The minimum Gasteiger partial charge on any atom is -0.385 e. The van der Waals surface area contributed by atoms with Crippen molar-refractivity contribution in [3.05, 3.63) is 36.4 Å². The molecule has 1 amide bonds. The first kappa shape index (κ1) is 27.9. The summed E-state index contributed by atoms with van der Waals surface area (Å²) < 4.78 is 103. The Balaban J connectivity index is 1.97. The van der Waals surface area contributed by atoms with E-state index in [1.807, 2.05) is 5.43 Å². The molecule has 13 nitrogen and oxygen atoms in total. The summed E-state index contributed by atoms with van der Waals surface area (Å²) in [4.78, 5) is 9.11. The Morgan fingerprint density at radius 2 is 1.13 bits per heavy atom. The van der Waals surface area contributed by atoms with Crippen LogP contribution in [0.4, 0.5) is 5.69 Å². The number of nitrogens with one attached hydrogen (secondary N) is 2. The van der Waals surface area contributed by atoms with Crippen molar-refractivity contribution < 1.29 is 43.7 Å². The fourth-order valence-electron chi connectivity index (χ4n) is 4.57. The zero-order chi connectivity index (χ0) is 28.0. The average Bonchev–Trinajstić information content (AvgIpc) is 2.82. The molecule has 0 bridgehead atoms. The highest BCUT2D eigenvalue weighted by molar-refractivity contribution is 7.87. The lowest BCUT2D eigenvalue weighted by Crippen LogP contribution is -2.29. The van der Waals surface area contributed by atoms with Crippen molar-refractivity contribution in [2.45, 2.75) is 40.4 Å². The van der Waals surface area contributed by atoms with Crippen LogP contribution < -0.4 is 16.6 Å². The number of hydrogen-bond acceptors (Lipinski definition) is 9. The van der Waals surface area contributed by atoms with E-state index in [0.29, 0.717) is 37.3 Å². The van der Waals surface area contributed by atoms with Crippen LogP contribution in [0.15, 0.2) is 51.1 Å². The third-order valence-corrected chi connectivity index (χ3v) is 8.86. The normalized spacial score (nSPS) is 12.9. The molecule has 4 aromatic rings. The number of nitrogens with two attached hydrogens (primary N) is 1. The number of carbonyl (C=O) groups excluding carboxylic acids is 1. The molecule has 4 rings (SSSR count). The quantitative estimate of drug-likeness (QED) is 0.0393. The highest BCUT2D eigenvalue weighted by Crippen LogP contribution is 2.44. The lowest BCUT2D eigenvalue weighted by Gasteiger charge is -2.19. The topological polar surface area (TPSA) is 230 Å². The van der Waals surface area contributed by atoms with Crippen LogP contribution in [-0.4, -0.2) is 51.4 Å². The van der Waals surface area contributed by atoms with E-state index in [4.69, 9.17) is 5.84 Å². The second kappa shape index (κ2) is 9.88. The van der Waals surface area contributed by atoms with Gasteiger partial charge in [0.1, 0.15) is 14.7 Å². The highest BCUT2D eigenvalue weighted by atomic mass is 32.2. The Morgan fingerprint density at radius 1 is 0.684 bits per heavy atom. The Hall–Kier alpha value is -3.12. The molecule has 0 aliphatic rings. The molecule has 4 aromatic carbocycles. The van der Waals surface area contributed by atoms with E-state index in [1.54, 1.807) is 0 Å². The van der Waals surface area contributed by atoms with E-state index < -0.39 is 45.0 Å². The van der Waals surface area contributed by atoms with Crippen LogP contribution >= 0.6 is 0 Å². The maximum atomic E-state index is 12.3. The van der Waals surface area contributed by atoms with Crippen molar-refractivity contribution >= 4 is 74.3 Å². The molecule has 0 saturated carbocycles. The van der Waals surface area contributed by atoms with Gasteiger partial charge in [-0.2, -0.15) is 25.3 Å². The molecular weight excluding hydrogens is 562 g/mol. The number of hydrazine groups is 1. The van der Waals surface area contributed by atoms with E-state index in [0.717, 1.165) is 0 Å². The summed E-state index contributed by atoms with van der Waals surface area (Å²) >= 11 is 0. The zero-order valence-electron chi connectivity index (χ0n) is 19.5. The summed E-state index contributed by atoms with van der Waals surface area (Å²) in [6, 6.07) is 7.03. The van der Waals surface area contributed by atoms with Crippen LogP contribution in [0.5, 0.6) is 0 Å². The number of carbonyl (C=O) groups is 1. The van der Waals surface area contributed by atoms with Gasteiger partial charge >= 0.3 is 0 Å². The molecule has 0 atom stereocenters. The van der Waals surface area contributed by atoms with Gasteiger partial charge in [0, 0.05) is 51.0 Å². The molecule has 0 aromatic heterocycles. The van der Waals surface area contributed by atoms with Gasteiger partial charge in [-0.15, -0.1) is 0 Å². The molecule has 0 fully saturated rings. The molecule has 38 heavy (non-hydrogen) atoms. The van der Waals surface area contributed by atoms with Crippen molar-refractivity contribution in [3.8, 4) is 0 Å². The summed E-state index contributed by atoms with van der Waals surface area (Å²) in [7, 11) is -14.8. The van der Waals surface area contributed by atoms with Crippen LogP contribution in [0.25, 0.3) is 32.3 Å². The number of anilines is 1. The van der Waals surface area contributed by atoms with Crippen LogP contribution in [0.3, 0.4) is 0 Å². The van der Waals surface area contributed by atoms with Crippen molar-refractivity contribution in [1.82, 2.24) is 5.43 Å². The van der Waals surface area contributed by atoms with Gasteiger partial charge in [-0.3, -0.25) is 23.9 Å². The molecule has 16 heteroatoms. The minimum atomic E-state index is -4.99. The Kier molecular flexibility index (Phi) is 7.26. The van der Waals surface area contributed by atoms with E-state index in [-0.39, 0.29) is 44.9 Å². The van der Waals surface area contributed by atoms with Gasteiger partial charge in [0.2, 0.25) is 5.91 Å². The Bertz CT molecular complexity index is 1850. The predicted molar refractivity (Wildman–Crippen MR) is 139 cm³/mol. The maximum Gasteiger partial charge on any atom is 0.295 e. The summed E-state index contributed by atoms with van der Waals surface area (Å²) in [5, 5.41) is 3.19. The third-order valence-electron chi connectivity index (χ3n) is 6.18. The third kappa shape index (κ3) is 5.24. The van der Waals surface area contributed by atoms with E-state index in [2.05, 4.69) is 5.32 Å². The van der Waals surface area contributed by atoms with Gasteiger partial charge in [0.05, 0.1) is 0 Å². The van der Waals surface area contributed by atoms with E-state index in [9.17, 15) is 43.7 Å². The van der Waals surface area contributed by atoms with Gasteiger partial charge in [0.25, 0.3) is 30.4 Å². The first-order chi connectivity index (χ1) is 17.6. The molecule has 0 aliphatic carbocycles. The number of benzene rings is 4. The predicted octanol–water partition coefficient (Wildman–Crippen LogP) is 2.29. The van der Waals surface area contributed by atoms with Crippen molar-refractivity contribution in [2.24, 2.45) is 5.84 Å². The van der Waals surface area contributed by atoms with E-state index in [1.165, 1.54) is 30.3 Å². The molecular formula is C22H23N3O10S3. The smallest absolute Gasteiger partial charge is 0.295 e. The highest BCUT2D eigenvalue weighted by Gasteiger charge is 2.27. The number of amides is 1. The summed E-state index contributed by atoms with van der Waals surface area (Å²) in [5.41, 5.74) is 2.27. The lowest BCUT2D eigenvalue weighted by atomic mass is 9.93. The van der Waals surface area contributed by atoms with Crippen molar-refractivity contribution in [2.75, 3.05) is 11.9 Å². The molecule has 0 saturated heterocycles. The Labute approximate surface area is 217 Å². The molecule has 0 spiro atoms. The van der Waals surface area contributed by atoms with Gasteiger partial charge in [-0.1, -0.05) is 30.7 Å². The van der Waals surface area contributed by atoms with Crippen LogP contribution in [-0.2, 0) is 35.1 Å². The largest absolute Gasteiger partial charge is 0.385 e. The summed E-state index contributed by atoms with van der Waals surface area (Å²) in [6.07, 6.45) is 1.98. The first-order valence-electron chi connectivity index (χ1n) is 11.1. The fourth-order valence-corrected chi connectivity index (χ4v) is 6.79. The average molecular weight is 586 g/mol. The zero-order valence-corrected chi connectivity index (χ0v) is 22.0. The molecule has 7 N–H and O–H groups in total. The first-order valence-corrected chi connectivity index (χ1v) is 15.4. The Morgan fingerprint density at radius 3 is 1.61 bits per heavy atom. The summed E-state index contributed by atoms with van der Waals surface area (Å²) in [5.74, 6) is 4.73. The minimum absolute atomic E-state index is 0.0345. The van der Waals surface area contributed by atoms with Crippen molar-refractivity contribution in [3.63, 3.8) is 0 Å². The summed E-state index contributed by atoms with van der Waals surface area (Å²) in [6.45, 7) is 0.325. The molecule has 0 heterocycles. The van der Waals surface area contributed by atoms with Gasteiger partial charge in [-0.25, -0.2) is 5.84 Å². The molecule has 0 radical (unpaired) electrons. The molecule has 0 unspecified atom stereocenters. The van der Waals surface area contributed by atoms with Gasteiger partial charge < -0.3 is 5.32 Å². The second-order valence-corrected chi connectivity index (χ2v) is 12.8.